The summed E-state index contributed by atoms with van der Waals surface area (Å²) in [7, 11) is 12.0. The molecule has 0 saturated heterocycles. The molecular weight excluding hydrogens is 1150 g/mol. The molecule has 0 bridgehead atoms. The van der Waals surface area contributed by atoms with E-state index in [-0.39, 0.29) is 0 Å². The van der Waals surface area contributed by atoms with Gasteiger partial charge in [0.2, 0.25) is 34.2 Å². The average Bonchev–Trinajstić information content (AvgIpc) is 0.782. The lowest BCUT2D eigenvalue weighted by Crippen LogP contribution is -2.33. The van der Waals surface area contributed by atoms with E-state index in [0.717, 1.165) is 62.4 Å². The number of benzene rings is 6. The van der Waals surface area contributed by atoms with Crippen LogP contribution in [0.3, 0.4) is 0 Å². The highest BCUT2D eigenvalue weighted by atomic mass is 14.9. The Morgan fingerprint density at radius 1 is 0.274 bits per heavy atom. The van der Waals surface area contributed by atoms with E-state index in [4.69, 9.17) is 12.3 Å². The molecule has 12 rings (SSSR count). The molecule has 0 aliphatic rings. The summed E-state index contributed by atoms with van der Waals surface area (Å²) in [5.74, 6) is 0. The van der Waals surface area contributed by atoms with Gasteiger partial charge in [-0.3, -0.25) is 0 Å². The first-order valence-corrected chi connectivity index (χ1v) is 32.7. The number of hydrogen-bond donors (Lipinski definition) is 0. The summed E-state index contributed by atoms with van der Waals surface area (Å²) in [6.07, 6.45) is 12.6. The van der Waals surface area contributed by atoms with Crippen LogP contribution in [0.4, 0.5) is 0 Å². The topological polar surface area (TPSA) is 23.3 Å². The van der Waals surface area contributed by atoms with E-state index in [9.17, 15) is 0 Å². The molecule has 0 fully saturated rings. The summed E-state index contributed by atoms with van der Waals surface area (Å²) in [4.78, 5) is 0. The van der Waals surface area contributed by atoms with E-state index in [0.29, 0.717) is 16.7 Å². The Kier molecular flexibility index (Phi) is 21.5. The summed E-state index contributed by atoms with van der Waals surface area (Å²) < 4.78 is 80.2. The minimum Gasteiger partial charge on any atom is -0.201 e. The summed E-state index contributed by atoms with van der Waals surface area (Å²) in [6, 6.07) is 66.3. The molecule has 0 N–H and O–H groups in total. The van der Waals surface area contributed by atoms with Gasteiger partial charge in [0.15, 0.2) is 37.2 Å². The third kappa shape index (κ3) is 18.5. The number of aryl methyl sites for hydroxylation is 19. The Balaban J connectivity index is 0.000000175. The molecule has 6 nitrogen and oxygen atoms in total. The van der Waals surface area contributed by atoms with Crippen molar-refractivity contribution in [1.29, 1.82) is 0 Å². The molecule has 12 aromatic rings. The molecule has 0 radical (unpaired) electrons. The number of hydrogen-bond acceptors (Lipinski definition) is 0. The molecule has 0 atom stereocenters. The van der Waals surface area contributed by atoms with Gasteiger partial charge in [-0.15, -0.1) is 0 Å². The first-order chi connectivity index (χ1) is 49.0. The van der Waals surface area contributed by atoms with Crippen molar-refractivity contribution in [3.63, 3.8) is 0 Å². The van der Waals surface area contributed by atoms with Gasteiger partial charge in [-0.1, -0.05) is 116 Å². The lowest BCUT2D eigenvalue weighted by Gasteiger charge is -2.10. The van der Waals surface area contributed by atoms with Gasteiger partial charge in [-0.05, 0) is 215 Å². The third-order valence-electron chi connectivity index (χ3n) is 17.8. The van der Waals surface area contributed by atoms with Gasteiger partial charge in [0.1, 0.15) is 42.3 Å². The second kappa shape index (κ2) is 33.9. The van der Waals surface area contributed by atoms with Crippen LogP contribution >= 0.6 is 0 Å². The van der Waals surface area contributed by atoms with E-state index in [1.807, 2.05) is 123 Å². The van der Waals surface area contributed by atoms with Gasteiger partial charge in [0, 0.05) is 114 Å². The maximum atomic E-state index is 7.64. The van der Waals surface area contributed by atoms with Gasteiger partial charge in [-0.2, -0.15) is 0 Å². The van der Waals surface area contributed by atoms with Crippen LogP contribution in [0.1, 0.15) is 108 Å². The van der Waals surface area contributed by atoms with E-state index in [1.54, 1.807) is 24.7 Å². The molecule has 6 aromatic carbocycles. The fraction of sp³-hybridized carbons (Fsp3) is 0.258. The molecule has 0 spiro atoms. The van der Waals surface area contributed by atoms with Crippen molar-refractivity contribution in [3.05, 3.63) is 320 Å². The first-order valence-electron chi connectivity index (χ1n) is 37.2. The maximum absolute atomic E-state index is 7.64. The third-order valence-corrected chi connectivity index (χ3v) is 17.8. The predicted octanol–water partition coefficient (Wildman–Crippen LogP) is 18.3. The minimum atomic E-state index is -2.07. The molecule has 6 heteroatoms. The highest BCUT2D eigenvalue weighted by Crippen LogP contribution is 2.29. The largest absolute Gasteiger partial charge is 0.215 e. The van der Waals surface area contributed by atoms with Crippen molar-refractivity contribution in [2.45, 2.75) is 117 Å². The van der Waals surface area contributed by atoms with Crippen molar-refractivity contribution in [1.82, 2.24) is 0 Å². The predicted molar refractivity (Wildman–Crippen MR) is 399 cm³/mol. The zero-order valence-corrected chi connectivity index (χ0v) is 59.8. The highest BCUT2D eigenvalue weighted by Gasteiger charge is 2.21. The Hall–Kier alpha value is -9.78. The molecule has 6 heterocycles. The summed E-state index contributed by atoms with van der Waals surface area (Å²) in [5.41, 5.74) is 31.0. The highest BCUT2D eigenvalue weighted by molar-refractivity contribution is 5.68. The van der Waals surface area contributed by atoms with Crippen LogP contribution in [0.5, 0.6) is 0 Å². The lowest BCUT2D eigenvalue weighted by molar-refractivity contribution is -0.661. The molecule has 0 saturated carbocycles. The molecule has 486 valence electrons. The van der Waals surface area contributed by atoms with Crippen LogP contribution in [-0.4, -0.2) is 0 Å². The second-order valence-corrected chi connectivity index (χ2v) is 25.1. The average molecular weight is 1270 g/mol. The maximum Gasteiger partial charge on any atom is 0.215 e. The standard InChI is InChI=1S/C16H20N.3C15H18N.2C14H16N/c1-11-8-6-7-9-15(11)16-14(4)13(3)12(2)10-17(16)5;1-11-9-13(3)15(16(4)10-11)14-8-6-5-7-12(14)2;1-11-9-10-16(4)15(13(11)3)14-8-6-5-7-12(14)2;1-4-13-9-10-15(16(3)11-13)14-8-6-5-7-12(14)2;1-11-7-4-5-9-13(11)14-12(2)8-6-10-15(14)3;1-11-9-14(15(3)10-12(11)2)13-7-5-4-6-8-13/h6-10H,1-5H3;2*5-10H,1-4H3;5-11H,4H2,1-3H3;2*4-10H,1-3H3/q6*+1/i2D3;1D3;;;;2D3. The monoisotopic (exact) mass is 1270 g/mol. The number of pyridine rings is 6. The van der Waals surface area contributed by atoms with Gasteiger partial charge in [0.25, 0.3) is 0 Å². The zero-order chi connectivity index (χ0) is 76.7. The smallest absolute Gasteiger partial charge is 0.201 e. The number of aromatic nitrogens is 6. The Labute approximate surface area is 584 Å². The van der Waals surface area contributed by atoms with Crippen molar-refractivity contribution in [3.8, 4) is 67.5 Å². The van der Waals surface area contributed by atoms with Crippen LogP contribution in [0.2, 0.25) is 0 Å². The van der Waals surface area contributed by atoms with E-state index in [2.05, 4.69) is 243 Å². The minimum absolute atomic E-state index is 0.379. The Bertz CT molecular complexity index is 4910. The van der Waals surface area contributed by atoms with Gasteiger partial charge >= 0.3 is 0 Å². The normalized spacial score (nSPS) is 12.3. The number of nitrogens with zero attached hydrogens (tertiary/aromatic N) is 6. The molecule has 0 unspecified atom stereocenters. The van der Waals surface area contributed by atoms with Crippen LogP contribution in [0, 0.1) is 104 Å². The van der Waals surface area contributed by atoms with E-state index >= 15 is 0 Å². The molecule has 0 aliphatic heterocycles. The Morgan fingerprint density at radius 3 is 1.18 bits per heavy atom. The molecular formula is C89H106N6+6. The van der Waals surface area contributed by atoms with Crippen LogP contribution in [0.25, 0.3) is 67.5 Å². The summed E-state index contributed by atoms with van der Waals surface area (Å²) in [5, 5.41) is 0. The van der Waals surface area contributed by atoms with Gasteiger partial charge in [0.05, 0.1) is 0 Å². The van der Waals surface area contributed by atoms with Crippen molar-refractivity contribution in [2.24, 2.45) is 42.3 Å². The molecule has 0 aliphatic carbocycles. The SMILES string of the molecule is CCc1ccc(-c2ccccc2C)[n+](C)c1.Cc1ccccc1-c1c(C)c(C)cc[n+]1C.Cc1ccccc1-c1c(C)ccc[n+]1C.[2H]C([2H])([2H])c1c[n+](C)c(-c2ccccc2)cc1C.[2H]C([2H])([2H])c1c[n+](C)c(-c2ccccc2C)c(C)c1C.[2H]C([2H])([2H])c1cc(C)c(-c2ccccc2C)[n+](C)c1. The Morgan fingerprint density at radius 2 is 0.705 bits per heavy atom. The van der Waals surface area contributed by atoms with E-state index < -0.39 is 20.6 Å². The number of rotatable bonds is 7. The van der Waals surface area contributed by atoms with E-state index in [1.165, 1.54) is 83.8 Å². The second-order valence-electron chi connectivity index (χ2n) is 25.1. The van der Waals surface area contributed by atoms with Gasteiger partial charge < -0.3 is 0 Å². The molecule has 6 aromatic heterocycles. The molecule has 95 heavy (non-hydrogen) atoms. The first kappa shape index (κ1) is 60.2. The van der Waals surface area contributed by atoms with Gasteiger partial charge in [-0.25, -0.2) is 27.4 Å². The molecule has 0 amide bonds. The zero-order valence-electron chi connectivity index (χ0n) is 68.8. The fourth-order valence-electron chi connectivity index (χ4n) is 12.1. The quantitative estimate of drug-likeness (QED) is 0.142. The lowest BCUT2D eigenvalue weighted by atomic mass is 9.97. The van der Waals surface area contributed by atoms with Crippen molar-refractivity contribution in [2.75, 3.05) is 0 Å². The van der Waals surface area contributed by atoms with Crippen molar-refractivity contribution >= 4 is 0 Å². The fourth-order valence-corrected chi connectivity index (χ4v) is 12.1. The van der Waals surface area contributed by atoms with Crippen molar-refractivity contribution < 1.29 is 39.7 Å². The van der Waals surface area contributed by atoms with Crippen LogP contribution in [-0.2, 0) is 48.7 Å². The summed E-state index contributed by atoms with van der Waals surface area (Å²) >= 11 is 0. The van der Waals surface area contributed by atoms with Crippen LogP contribution in [0.15, 0.2) is 231 Å². The summed E-state index contributed by atoms with van der Waals surface area (Å²) in [6.45, 7) is 20.8. The van der Waals surface area contributed by atoms with Crippen LogP contribution < -0.4 is 27.4 Å².